The Morgan fingerprint density at radius 1 is 1.27 bits per heavy atom. The smallest absolute Gasteiger partial charge is 0.253 e. The molecule has 0 saturated carbocycles. The Morgan fingerprint density at radius 2 is 2.15 bits per heavy atom. The van der Waals surface area contributed by atoms with Crippen molar-refractivity contribution in [1.29, 1.82) is 0 Å². The van der Waals surface area contributed by atoms with Crippen LogP contribution >= 0.6 is 0 Å². The topological polar surface area (TPSA) is 87.2 Å². The molecule has 0 aliphatic carbocycles. The largest absolute Gasteiger partial charge is 0.379 e. The average Bonchev–Trinajstić information content (AvgIpc) is 3.11. The van der Waals surface area contributed by atoms with Gasteiger partial charge in [0.05, 0.1) is 25.1 Å². The van der Waals surface area contributed by atoms with Gasteiger partial charge < -0.3 is 9.64 Å². The summed E-state index contributed by atoms with van der Waals surface area (Å²) in [5, 5.41) is 10.7. The number of carbonyl (C=O) groups excluding carboxylic acids is 1. The summed E-state index contributed by atoms with van der Waals surface area (Å²) < 4.78 is 5.94. The van der Waals surface area contributed by atoms with Crippen LogP contribution in [0, 0.1) is 5.41 Å². The molecule has 0 aromatic carbocycles. The first kappa shape index (κ1) is 17.1. The van der Waals surface area contributed by atoms with Crippen LogP contribution in [-0.4, -0.2) is 75.5 Å². The van der Waals surface area contributed by atoms with Gasteiger partial charge in [-0.25, -0.2) is 0 Å². The Kier molecular flexibility index (Phi) is 4.94. The van der Waals surface area contributed by atoms with E-state index in [1.165, 1.54) is 0 Å². The van der Waals surface area contributed by atoms with Crippen molar-refractivity contribution in [1.82, 2.24) is 30.2 Å². The molecule has 2 saturated heterocycles. The Hall–Kier alpha value is -2.32. The molecule has 2 aliphatic heterocycles. The first-order chi connectivity index (χ1) is 12.7. The Bertz CT molecular complexity index is 723. The number of amides is 1. The number of nitrogens with zero attached hydrogens (tertiary/aromatic N) is 5. The van der Waals surface area contributed by atoms with Crippen molar-refractivity contribution in [3.05, 3.63) is 42.0 Å². The standard InChI is InChI=1S/C18H24N6O2/c25-17(15-2-5-19-6-3-15)24-7-1-4-18(13-24)12-23(8-9-26-14-18)11-16-10-20-22-21-16/h2-3,5-6,10H,1,4,7-9,11-14H2,(H,20,21,22). The maximum Gasteiger partial charge on any atom is 0.253 e. The van der Waals surface area contributed by atoms with Crippen LogP contribution in [0.1, 0.15) is 28.9 Å². The van der Waals surface area contributed by atoms with Gasteiger partial charge in [0.15, 0.2) is 0 Å². The van der Waals surface area contributed by atoms with E-state index in [9.17, 15) is 4.79 Å². The van der Waals surface area contributed by atoms with Crippen LogP contribution in [0.4, 0.5) is 0 Å². The Labute approximate surface area is 152 Å². The van der Waals surface area contributed by atoms with E-state index < -0.39 is 0 Å². The average molecular weight is 356 g/mol. The van der Waals surface area contributed by atoms with Crippen LogP contribution < -0.4 is 0 Å². The normalized spacial score (nSPS) is 24.5. The summed E-state index contributed by atoms with van der Waals surface area (Å²) in [5.74, 6) is 0.0822. The van der Waals surface area contributed by atoms with Gasteiger partial charge in [0, 0.05) is 56.1 Å². The van der Waals surface area contributed by atoms with E-state index in [1.54, 1.807) is 30.7 Å². The highest BCUT2D eigenvalue weighted by Crippen LogP contribution is 2.34. The third kappa shape index (κ3) is 3.76. The van der Waals surface area contributed by atoms with Crippen LogP contribution in [0.25, 0.3) is 0 Å². The van der Waals surface area contributed by atoms with Gasteiger partial charge in [0.2, 0.25) is 0 Å². The quantitative estimate of drug-likeness (QED) is 0.881. The number of nitrogens with one attached hydrogen (secondary N) is 1. The molecule has 0 radical (unpaired) electrons. The van der Waals surface area contributed by atoms with Crippen LogP contribution in [0.3, 0.4) is 0 Å². The van der Waals surface area contributed by atoms with E-state index in [4.69, 9.17) is 4.74 Å². The van der Waals surface area contributed by atoms with E-state index in [0.29, 0.717) is 18.8 Å². The highest BCUT2D eigenvalue weighted by molar-refractivity contribution is 5.94. The van der Waals surface area contributed by atoms with Crippen molar-refractivity contribution in [3.63, 3.8) is 0 Å². The highest BCUT2D eigenvalue weighted by atomic mass is 16.5. The van der Waals surface area contributed by atoms with Crippen molar-refractivity contribution in [2.75, 3.05) is 39.4 Å². The second kappa shape index (κ2) is 7.51. The number of hydrogen-bond acceptors (Lipinski definition) is 6. The SMILES string of the molecule is O=C(c1ccncc1)N1CCCC2(COCCN(Cc3cn[nH]n3)C2)C1. The first-order valence-electron chi connectivity index (χ1n) is 9.08. The molecule has 1 N–H and O–H groups in total. The number of carbonyl (C=O) groups is 1. The van der Waals surface area contributed by atoms with Crippen LogP contribution in [0.15, 0.2) is 30.7 Å². The minimum Gasteiger partial charge on any atom is -0.379 e. The fraction of sp³-hybridized carbons (Fsp3) is 0.556. The number of likely N-dealkylation sites (tertiary alicyclic amines) is 1. The molecule has 2 aromatic heterocycles. The number of piperidine rings is 1. The highest BCUT2D eigenvalue weighted by Gasteiger charge is 2.40. The molecular weight excluding hydrogens is 332 g/mol. The molecule has 2 aromatic rings. The molecule has 1 amide bonds. The fourth-order valence-corrected chi connectivity index (χ4v) is 4.05. The first-order valence-corrected chi connectivity index (χ1v) is 9.08. The zero-order valence-electron chi connectivity index (χ0n) is 14.8. The molecule has 4 rings (SSSR count). The predicted octanol–water partition coefficient (Wildman–Crippen LogP) is 0.954. The fourth-order valence-electron chi connectivity index (χ4n) is 4.05. The van der Waals surface area contributed by atoms with E-state index in [0.717, 1.165) is 51.3 Å². The number of aromatic nitrogens is 4. The molecule has 26 heavy (non-hydrogen) atoms. The van der Waals surface area contributed by atoms with Gasteiger partial charge in [0.1, 0.15) is 0 Å². The maximum atomic E-state index is 12.9. The van der Waals surface area contributed by atoms with Gasteiger partial charge in [-0.05, 0) is 25.0 Å². The monoisotopic (exact) mass is 356 g/mol. The lowest BCUT2D eigenvalue weighted by Gasteiger charge is -2.43. The maximum absolute atomic E-state index is 12.9. The number of pyridine rings is 1. The summed E-state index contributed by atoms with van der Waals surface area (Å²) in [4.78, 5) is 21.2. The molecule has 1 spiro atoms. The zero-order valence-corrected chi connectivity index (χ0v) is 14.8. The number of ether oxygens (including phenoxy) is 1. The van der Waals surface area contributed by atoms with Gasteiger partial charge in [-0.2, -0.15) is 15.4 Å². The summed E-state index contributed by atoms with van der Waals surface area (Å²) in [6.45, 7) is 5.45. The van der Waals surface area contributed by atoms with Crippen LogP contribution in [0.5, 0.6) is 0 Å². The van der Waals surface area contributed by atoms with Gasteiger partial charge in [-0.3, -0.25) is 14.7 Å². The number of hydrogen-bond donors (Lipinski definition) is 1. The minimum atomic E-state index is -0.0266. The third-order valence-electron chi connectivity index (χ3n) is 5.25. The van der Waals surface area contributed by atoms with E-state index in [1.807, 2.05) is 4.90 Å². The predicted molar refractivity (Wildman–Crippen MR) is 94.3 cm³/mol. The minimum absolute atomic E-state index is 0.0266. The lowest BCUT2D eigenvalue weighted by atomic mass is 9.80. The van der Waals surface area contributed by atoms with Crippen molar-refractivity contribution in [2.45, 2.75) is 19.4 Å². The molecule has 1 atom stereocenters. The molecule has 0 bridgehead atoms. The molecule has 8 heteroatoms. The van der Waals surface area contributed by atoms with Crippen molar-refractivity contribution in [3.8, 4) is 0 Å². The lowest BCUT2D eigenvalue weighted by molar-refractivity contribution is 0.00689. The Morgan fingerprint density at radius 3 is 2.96 bits per heavy atom. The second-order valence-corrected chi connectivity index (χ2v) is 7.29. The number of rotatable bonds is 3. The zero-order chi connectivity index (χ0) is 17.8. The van der Waals surface area contributed by atoms with E-state index >= 15 is 0 Å². The van der Waals surface area contributed by atoms with Gasteiger partial charge in [-0.15, -0.1) is 0 Å². The lowest BCUT2D eigenvalue weighted by Crippen LogP contribution is -2.52. The summed E-state index contributed by atoms with van der Waals surface area (Å²) in [6, 6.07) is 3.56. The number of H-pyrrole nitrogens is 1. The van der Waals surface area contributed by atoms with Crippen molar-refractivity contribution < 1.29 is 9.53 Å². The molecule has 2 aliphatic rings. The summed E-state index contributed by atoms with van der Waals surface area (Å²) >= 11 is 0. The van der Waals surface area contributed by atoms with Gasteiger partial charge in [0.25, 0.3) is 5.91 Å². The summed E-state index contributed by atoms with van der Waals surface area (Å²) in [7, 11) is 0. The molecule has 1 unspecified atom stereocenters. The Balaban J connectivity index is 1.48. The van der Waals surface area contributed by atoms with Gasteiger partial charge in [-0.1, -0.05) is 0 Å². The van der Waals surface area contributed by atoms with E-state index in [-0.39, 0.29) is 11.3 Å². The summed E-state index contributed by atoms with van der Waals surface area (Å²) in [6.07, 6.45) is 7.17. The van der Waals surface area contributed by atoms with Crippen LogP contribution in [-0.2, 0) is 11.3 Å². The second-order valence-electron chi connectivity index (χ2n) is 7.29. The van der Waals surface area contributed by atoms with Gasteiger partial charge >= 0.3 is 0 Å². The van der Waals surface area contributed by atoms with Crippen molar-refractivity contribution in [2.24, 2.45) is 5.41 Å². The van der Waals surface area contributed by atoms with Crippen LogP contribution in [0.2, 0.25) is 0 Å². The van der Waals surface area contributed by atoms with Crippen molar-refractivity contribution >= 4 is 5.91 Å². The molecular formula is C18H24N6O2. The molecule has 2 fully saturated rings. The molecule has 8 nitrogen and oxygen atoms in total. The van der Waals surface area contributed by atoms with E-state index in [2.05, 4.69) is 25.3 Å². The molecule has 138 valence electrons. The molecule has 4 heterocycles. The summed E-state index contributed by atoms with van der Waals surface area (Å²) in [5.41, 5.74) is 1.61. The number of aromatic amines is 1. The third-order valence-corrected chi connectivity index (χ3v) is 5.25.